The van der Waals surface area contributed by atoms with Crippen LogP contribution in [0.5, 0.6) is 0 Å². The summed E-state index contributed by atoms with van der Waals surface area (Å²) >= 11 is 0. The van der Waals surface area contributed by atoms with Gasteiger partial charge in [0.2, 0.25) is 0 Å². The first kappa shape index (κ1) is 11.8. The van der Waals surface area contributed by atoms with Crippen molar-refractivity contribution in [2.24, 2.45) is 0 Å². The van der Waals surface area contributed by atoms with Crippen LogP contribution in [0.15, 0.2) is 36.5 Å². The summed E-state index contributed by atoms with van der Waals surface area (Å²) in [7, 11) is 0. The monoisotopic (exact) mass is 260 g/mol. The Hall–Kier alpha value is -2.30. The number of halogens is 2. The molecule has 0 spiro atoms. The number of nitrogens with zero attached hydrogens (tertiary/aromatic N) is 2. The summed E-state index contributed by atoms with van der Waals surface area (Å²) in [5.41, 5.74) is 1.05. The number of hydrogen-bond acceptors (Lipinski definition) is 2. The molecule has 1 aliphatic heterocycles. The number of rotatable bonds is 2. The summed E-state index contributed by atoms with van der Waals surface area (Å²) in [5.74, 6) is -1.53. The Balaban J connectivity index is 1.89. The lowest BCUT2D eigenvalue weighted by atomic mass is 10.2. The van der Waals surface area contributed by atoms with Gasteiger partial charge in [-0.2, -0.15) is 0 Å². The topological polar surface area (TPSA) is 33.2 Å². The van der Waals surface area contributed by atoms with Crippen molar-refractivity contribution in [1.29, 1.82) is 0 Å². The second-order valence-electron chi connectivity index (χ2n) is 4.36. The van der Waals surface area contributed by atoms with E-state index in [0.717, 1.165) is 0 Å². The van der Waals surface area contributed by atoms with E-state index in [1.807, 2.05) is 0 Å². The minimum Gasteiger partial charge on any atom is -0.328 e. The van der Waals surface area contributed by atoms with Gasteiger partial charge in [-0.15, -0.1) is 0 Å². The minimum absolute atomic E-state index is 0.0896. The number of fused-ring (bicyclic) bond motifs is 1. The Labute approximate surface area is 108 Å². The molecule has 0 saturated carbocycles. The molecular formula is C14H10F2N2O. The number of carbonyl (C=O) groups excluding carboxylic acids is 1. The van der Waals surface area contributed by atoms with Crippen molar-refractivity contribution in [3.63, 3.8) is 0 Å². The molecule has 0 fully saturated rings. The Kier molecular flexibility index (Phi) is 2.74. The van der Waals surface area contributed by atoms with Crippen LogP contribution < -0.4 is 0 Å². The molecule has 0 bridgehead atoms. The third kappa shape index (κ3) is 1.97. The zero-order valence-electron chi connectivity index (χ0n) is 9.94. The molecule has 1 aromatic heterocycles. The van der Waals surface area contributed by atoms with Crippen LogP contribution in [-0.2, 0) is 13.1 Å². The van der Waals surface area contributed by atoms with Crippen molar-refractivity contribution in [2.45, 2.75) is 13.1 Å². The van der Waals surface area contributed by atoms with Crippen LogP contribution in [0.25, 0.3) is 0 Å². The van der Waals surface area contributed by atoms with Gasteiger partial charge in [0.25, 0.3) is 5.91 Å². The van der Waals surface area contributed by atoms with Crippen LogP contribution >= 0.6 is 0 Å². The molecule has 0 unspecified atom stereocenters. The first-order valence-corrected chi connectivity index (χ1v) is 5.83. The van der Waals surface area contributed by atoms with Gasteiger partial charge in [-0.3, -0.25) is 9.78 Å². The number of benzene rings is 1. The summed E-state index contributed by atoms with van der Waals surface area (Å²) in [6.07, 6.45) is 1.60. The highest BCUT2D eigenvalue weighted by molar-refractivity contribution is 5.97. The molecule has 19 heavy (non-hydrogen) atoms. The number of pyridine rings is 1. The Morgan fingerprint density at radius 2 is 1.89 bits per heavy atom. The van der Waals surface area contributed by atoms with E-state index in [1.165, 1.54) is 23.1 Å². The summed E-state index contributed by atoms with van der Waals surface area (Å²) in [6.45, 7) is 0.191. The summed E-state index contributed by atoms with van der Waals surface area (Å²) < 4.78 is 27.1. The summed E-state index contributed by atoms with van der Waals surface area (Å²) in [5, 5.41) is 0. The van der Waals surface area contributed by atoms with Gasteiger partial charge >= 0.3 is 0 Å². The quantitative estimate of drug-likeness (QED) is 0.831. The largest absolute Gasteiger partial charge is 0.328 e. The molecule has 0 atom stereocenters. The van der Waals surface area contributed by atoms with E-state index in [4.69, 9.17) is 0 Å². The molecule has 1 aromatic carbocycles. The van der Waals surface area contributed by atoms with Crippen LogP contribution in [0.2, 0.25) is 0 Å². The average molecular weight is 260 g/mol. The normalized spacial score (nSPS) is 13.8. The zero-order valence-corrected chi connectivity index (χ0v) is 9.94. The molecule has 0 N–H and O–H groups in total. The molecule has 3 rings (SSSR count). The van der Waals surface area contributed by atoms with Crippen molar-refractivity contribution >= 4 is 5.91 Å². The first-order chi connectivity index (χ1) is 9.16. The maximum absolute atomic E-state index is 13.6. The Morgan fingerprint density at radius 3 is 2.58 bits per heavy atom. The van der Waals surface area contributed by atoms with Crippen molar-refractivity contribution < 1.29 is 13.6 Å². The maximum Gasteiger partial charge on any atom is 0.256 e. The number of carbonyl (C=O) groups is 1. The molecule has 1 aliphatic rings. The van der Waals surface area contributed by atoms with Gasteiger partial charge in [0.05, 0.1) is 24.3 Å². The van der Waals surface area contributed by atoms with E-state index in [-0.39, 0.29) is 24.6 Å². The fourth-order valence-corrected chi connectivity index (χ4v) is 2.18. The predicted molar refractivity (Wildman–Crippen MR) is 64.2 cm³/mol. The molecular weight excluding hydrogens is 250 g/mol. The number of aromatic nitrogens is 1. The van der Waals surface area contributed by atoms with Crippen LogP contribution in [-0.4, -0.2) is 15.8 Å². The first-order valence-electron chi connectivity index (χ1n) is 5.83. The molecule has 0 radical (unpaired) electrons. The van der Waals surface area contributed by atoms with Crippen molar-refractivity contribution in [1.82, 2.24) is 9.88 Å². The SMILES string of the molecule is O=C1c2cccnc2CN1Cc1c(F)cccc1F. The predicted octanol–water partition coefficient (Wildman–Crippen LogP) is 2.52. The average Bonchev–Trinajstić information content (AvgIpc) is 2.72. The van der Waals surface area contributed by atoms with E-state index in [1.54, 1.807) is 18.3 Å². The molecule has 96 valence electrons. The lowest BCUT2D eigenvalue weighted by Crippen LogP contribution is -2.24. The van der Waals surface area contributed by atoms with Gasteiger partial charge in [-0.25, -0.2) is 8.78 Å². The van der Waals surface area contributed by atoms with Crippen LogP contribution in [0.1, 0.15) is 21.6 Å². The second-order valence-corrected chi connectivity index (χ2v) is 4.36. The highest BCUT2D eigenvalue weighted by Gasteiger charge is 2.29. The maximum atomic E-state index is 13.6. The van der Waals surface area contributed by atoms with Crippen LogP contribution in [0.4, 0.5) is 8.78 Å². The number of hydrogen-bond donors (Lipinski definition) is 0. The van der Waals surface area contributed by atoms with E-state index in [9.17, 15) is 13.6 Å². The van der Waals surface area contributed by atoms with Gasteiger partial charge in [0, 0.05) is 11.8 Å². The Morgan fingerprint density at radius 1 is 1.16 bits per heavy atom. The van der Waals surface area contributed by atoms with Crippen molar-refractivity contribution in [2.75, 3.05) is 0 Å². The lowest BCUT2D eigenvalue weighted by molar-refractivity contribution is 0.0763. The third-order valence-electron chi connectivity index (χ3n) is 3.16. The highest BCUT2D eigenvalue weighted by atomic mass is 19.1. The van der Waals surface area contributed by atoms with Crippen LogP contribution in [0, 0.1) is 11.6 Å². The van der Waals surface area contributed by atoms with Crippen LogP contribution in [0.3, 0.4) is 0 Å². The van der Waals surface area contributed by atoms with Gasteiger partial charge in [-0.05, 0) is 24.3 Å². The summed E-state index contributed by atoms with van der Waals surface area (Å²) in [6, 6.07) is 7.01. The van der Waals surface area contributed by atoms with Gasteiger partial charge in [-0.1, -0.05) is 6.07 Å². The molecule has 3 nitrogen and oxygen atoms in total. The molecule has 0 aliphatic carbocycles. The fourth-order valence-electron chi connectivity index (χ4n) is 2.18. The summed E-state index contributed by atoms with van der Waals surface area (Å²) in [4.78, 5) is 17.5. The van der Waals surface area contributed by atoms with Gasteiger partial charge in [0.1, 0.15) is 11.6 Å². The van der Waals surface area contributed by atoms with E-state index in [0.29, 0.717) is 11.3 Å². The molecule has 2 heterocycles. The third-order valence-corrected chi connectivity index (χ3v) is 3.16. The minimum atomic E-state index is -0.642. The zero-order chi connectivity index (χ0) is 13.4. The van der Waals surface area contributed by atoms with Crippen molar-refractivity contribution in [3.05, 3.63) is 65.0 Å². The standard InChI is InChI=1S/C14H10F2N2O/c15-11-4-1-5-12(16)10(11)7-18-8-13-9(14(18)19)3-2-6-17-13/h1-6H,7-8H2. The second kappa shape index (κ2) is 4.42. The fraction of sp³-hybridized carbons (Fsp3) is 0.143. The molecule has 2 aromatic rings. The van der Waals surface area contributed by atoms with E-state index >= 15 is 0 Å². The lowest BCUT2D eigenvalue weighted by Gasteiger charge is -2.16. The molecule has 1 amide bonds. The Bertz CT molecular complexity index is 637. The van der Waals surface area contributed by atoms with Gasteiger partial charge < -0.3 is 4.90 Å². The van der Waals surface area contributed by atoms with Crippen molar-refractivity contribution in [3.8, 4) is 0 Å². The highest BCUT2D eigenvalue weighted by Crippen LogP contribution is 2.24. The van der Waals surface area contributed by atoms with Gasteiger partial charge in [0.15, 0.2) is 0 Å². The molecule has 0 saturated heterocycles. The smallest absolute Gasteiger partial charge is 0.256 e. The van der Waals surface area contributed by atoms with E-state index in [2.05, 4.69) is 4.98 Å². The van der Waals surface area contributed by atoms with E-state index < -0.39 is 11.6 Å². The number of amides is 1. The molecule has 5 heteroatoms.